The second-order valence-corrected chi connectivity index (χ2v) is 4.51. The lowest BCUT2D eigenvalue weighted by molar-refractivity contribution is -0.384. The second kappa shape index (κ2) is 6.32. The van der Waals surface area contributed by atoms with Gasteiger partial charge >= 0.3 is 0 Å². The molecule has 0 aliphatic heterocycles. The van der Waals surface area contributed by atoms with E-state index in [2.05, 4.69) is 0 Å². The number of hydrogen-bond acceptors (Lipinski definition) is 4. The van der Waals surface area contributed by atoms with Gasteiger partial charge in [0.15, 0.2) is 6.29 Å². The number of carbonyl (C=O) groups excluding carboxylic acids is 1. The Kier molecular flexibility index (Phi) is 4.49. The zero-order chi connectivity index (χ0) is 15.4. The molecular formula is C14H9ClFNO4. The van der Waals surface area contributed by atoms with E-state index in [0.717, 1.165) is 6.07 Å². The van der Waals surface area contributed by atoms with Gasteiger partial charge in [0.25, 0.3) is 5.69 Å². The Hall–Kier alpha value is -2.47. The SMILES string of the molecule is O=Cc1cc([N+](=O)[O-])ccc1OCc1cccc(Cl)c1F. The number of rotatable bonds is 5. The van der Waals surface area contributed by atoms with Gasteiger partial charge in [0.2, 0.25) is 0 Å². The van der Waals surface area contributed by atoms with Crippen LogP contribution in [0.3, 0.4) is 0 Å². The van der Waals surface area contributed by atoms with Crippen molar-refractivity contribution in [1.82, 2.24) is 0 Å². The Balaban J connectivity index is 2.22. The topological polar surface area (TPSA) is 69.4 Å². The van der Waals surface area contributed by atoms with Crippen molar-refractivity contribution in [2.45, 2.75) is 6.61 Å². The molecule has 0 unspecified atom stereocenters. The molecule has 0 aromatic heterocycles. The van der Waals surface area contributed by atoms with Crippen LogP contribution in [0.4, 0.5) is 10.1 Å². The largest absolute Gasteiger partial charge is 0.488 e. The maximum Gasteiger partial charge on any atom is 0.270 e. The summed E-state index contributed by atoms with van der Waals surface area (Å²) in [4.78, 5) is 20.9. The lowest BCUT2D eigenvalue weighted by Gasteiger charge is -2.09. The maximum atomic E-state index is 13.7. The van der Waals surface area contributed by atoms with Crippen molar-refractivity contribution in [2.75, 3.05) is 0 Å². The molecule has 0 radical (unpaired) electrons. The van der Waals surface area contributed by atoms with E-state index in [9.17, 15) is 19.3 Å². The van der Waals surface area contributed by atoms with Crippen LogP contribution in [0.5, 0.6) is 5.75 Å². The highest BCUT2D eigenvalue weighted by Crippen LogP contribution is 2.25. The number of hydrogen-bond donors (Lipinski definition) is 0. The first kappa shape index (κ1) is 14.9. The molecule has 0 amide bonds. The minimum atomic E-state index is -0.618. The number of benzene rings is 2. The molecule has 0 heterocycles. The summed E-state index contributed by atoms with van der Waals surface area (Å²) < 4.78 is 19.0. The molecule has 2 aromatic rings. The molecule has 0 spiro atoms. The molecule has 0 N–H and O–H groups in total. The summed E-state index contributed by atoms with van der Waals surface area (Å²) >= 11 is 5.65. The van der Waals surface area contributed by atoms with E-state index in [4.69, 9.17) is 16.3 Å². The van der Waals surface area contributed by atoms with Crippen molar-refractivity contribution in [2.24, 2.45) is 0 Å². The minimum Gasteiger partial charge on any atom is -0.488 e. The quantitative estimate of drug-likeness (QED) is 0.479. The third-order valence-corrected chi connectivity index (χ3v) is 3.04. The zero-order valence-corrected chi connectivity index (χ0v) is 11.3. The minimum absolute atomic E-state index is 0.0200. The number of nitro groups is 1. The molecule has 2 aromatic carbocycles. The Morgan fingerprint density at radius 1 is 1.33 bits per heavy atom. The Morgan fingerprint density at radius 3 is 2.76 bits per heavy atom. The molecule has 0 aliphatic carbocycles. The molecule has 108 valence electrons. The van der Waals surface area contributed by atoms with Gasteiger partial charge in [-0.05, 0) is 12.1 Å². The maximum absolute atomic E-state index is 13.7. The lowest BCUT2D eigenvalue weighted by atomic mass is 10.2. The average molecular weight is 310 g/mol. The van der Waals surface area contributed by atoms with Crippen molar-refractivity contribution in [3.05, 3.63) is 68.5 Å². The van der Waals surface area contributed by atoms with Crippen LogP contribution in [0, 0.1) is 15.9 Å². The summed E-state index contributed by atoms with van der Waals surface area (Å²) in [5.41, 5.74) is 0.0164. The van der Waals surface area contributed by atoms with E-state index >= 15 is 0 Å². The van der Waals surface area contributed by atoms with E-state index in [1.54, 1.807) is 6.07 Å². The number of carbonyl (C=O) groups is 1. The molecular weight excluding hydrogens is 301 g/mol. The van der Waals surface area contributed by atoms with Crippen LogP contribution in [0.25, 0.3) is 0 Å². The Bertz CT molecular complexity index is 705. The van der Waals surface area contributed by atoms with E-state index in [0.29, 0.717) is 6.29 Å². The van der Waals surface area contributed by atoms with Crippen LogP contribution in [0.1, 0.15) is 15.9 Å². The first-order chi connectivity index (χ1) is 10.0. The monoisotopic (exact) mass is 309 g/mol. The van der Waals surface area contributed by atoms with Gasteiger partial charge in [-0.2, -0.15) is 0 Å². The molecule has 7 heteroatoms. The first-order valence-electron chi connectivity index (χ1n) is 5.82. The second-order valence-electron chi connectivity index (χ2n) is 4.10. The van der Waals surface area contributed by atoms with Crippen LogP contribution >= 0.6 is 11.6 Å². The molecule has 0 aliphatic rings. The predicted octanol–water partition coefficient (Wildman–Crippen LogP) is 3.78. The summed E-state index contributed by atoms with van der Waals surface area (Å²) in [6, 6.07) is 8.06. The van der Waals surface area contributed by atoms with Gasteiger partial charge in [0.1, 0.15) is 18.2 Å². The number of nitro benzene ring substituents is 1. The standard InChI is InChI=1S/C14H9ClFNO4/c15-12-3-1-2-9(14(12)16)8-21-13-5-4-11(17(19)20)6-10(13)7-18/h1-7H,8H2. The third kappa shape index (κ3) is 3.35. The molecule has 0 bridgehead atoms. The molecule has 5 nitrogen and oxygen atoms in total. The smallest absolute Gasteiger partial charge is 0.270 e. The van der Waals surface area contributed by atoms with Crippen molar-refractivity contribution >= 4 is 23.6 Å². The van der Waals surface area contributed by atoms with E-state index < -0.39 is 10.7 Å². The molecule has 0 saturated heterocycles. The van der Waals surface area contributed by atoms with Gasteiger partial charge in [0, 0.05) is 17.7 Å². The highest BCUT2D eigenvalue weighted by molar-refractivity contribution is 6.30. The lowest BCUT2D eigenvalue weighted by Crippen LogP contribution is -2.01. The van der Waals surface area contributed by atoms with E-state index in [-0.39, 0.29) is 34.2 Å². The van der Waals surface area contributed by atoms with Crippen molar-refractivity contribution in [1.29, 1.82) is 0 Å². The van der Waals surface area contributed by atoms with Crippen LogP contribution in [-0.2, 0) is 6.61 Å². The molecule has 0 fully saturated rings. The Morgan fingerprint density at radius 2 is 2.10 bits per heavy atom. The zero-order valence-electron chi connectivity index (χ0n) is 10.6. The third-order valence-electron chi connectivity index (χ3n) is 2.75. The number of aldehydes is 1. The predicted molar refractivity (Wildman–Crippen MR) is 74.2 cm³/mol. The van der Waals surface area contributed by atoms with Gasteiger partial charge in [0.05, 0.1) is 15.5 Å². The number of non-ortho nitro benzene ring substituents is 1. The summed E-state index contributed by atoms with van der Waals surface area (Å²) in [6.45, 7) is -0.148. The van der Waals surface area contributed by atoms with Crippen LogP contribution in [0.2, 0.25) is 5.02 Å². The highest BCUT2D eigenvalue weighted by Gasteiger charge is 2.12. The van der Waals surface area contributed by atoms with Crippen molar-refractivity contribution < 1.29 is 18.8 Å². The Labute approximate surface area is 124 Å². The fourth-order valence-corrected chi connectivity index (χ4v) is 1.88. The van der Waals surface area contributed by atoms with E-state index in [1.165, 1.54) is 24.3 Å². The average Bonchev–Trinajstić information content (AvgIpc) is 2.48. The number of halogens is 2. The van der Waals surface area contributed by atoms with Crippen LogP contribution in [0.15, 0.2) is 36.4 Å². The van der Waals surface area contributed by atoms with Crippen LogP contribution in [-0.4, -0.2) is 11.2 Å². The van der Waals surface area contributed by atoms with Gasteiger partial charge in [-0.1, -0.05) is 23.7 Å². The molecule has 2 rings (SSSR count). The normalized spacial score (nSPS) is 10.2. The van der Waals surface area contributed by atoms with E-state index in [1.807, 2.05) is 0 Å². The van der Waals surface area contributed by atoms with Gasteiger partial charge in [-0.15, -0.1) is 0 Å². The highest BCUT2D eigenvalue weighted by atomic mass is 35.5. The fraction of sp³-hybridized carbons (Fsp3) is 0.0714. The summed E-state index contributed by atoms with van der Waals surface area (Å²) in [6.07, 6.45) is 0.441. The first-order valence-corrected chi connectivity index (χ1v) is 6.20. The van der Waals surface area contributed by atoms with Crippen LogP contribution < -0.4 is 4.74 Å². The number of nitrogens with zero attached hydrogens (tertiary/aromatic N) is 1. The molecule has 21 heavy (non-hydrogen) atoms. The number of ether oxygens (including phenoxy) is 1. The fourth-order valence-electron chi connectivity index (χ4n) is 1.69. The molecule has 0 atom stereocenters. The van der Waals surface area contributed by atoms with Gasteiger partial charge < -0.3 is 4.74 Å². The van der Waals surface area contributed by atoms with Gasteiger partial charge in [-0.3, -0.25) is 14.9 Å². The summed E-state index contributed by atoms with van der Waals surface area (Å²) in [7, 11) is 0. The van der Waals surface area contributed by atoms with Gasteiger partial charge in [-0.25, -0.2) is 4.39 Å². The summed E-state index contributed by atoms with van der Waals surface area (Å²) in [5, 5.41) is 10.6. The van der Waals surface area contributed by atoms with Crippen molar-refractivity contribution in [3.8, 4) is 5.75 Å². The molecule has 0 saturated carbocycles. The summed E-state index contributed by atoms with van der Waals surface area (Å²) in [5.74, 6) is -0.469. The van der Waals surface area contributed by atoms with Crippen molar-refractivity contribution in [3.63, 3.8) is 0 Å².